The maximum absolute atomic E-state index is 11.0. The molecule has 0 unspecified atom stereocenters. The maximum Gasteiger partial charge on any atom is 0.221 e. The van der Waals surface area contributed by atoms with E-state index in [1.54, 1.807) is 48.7 Å². The van der Waals surface area contributed by atoms with E-state index in [0.717, 1.165) is 16.6 Å². The normalized spacial score (nSPS) is 10.5. The Balaban J connectivity index is 1.88. The first kappa shape index (κ1) is 14.4. The molecule has 3 rings (SSSR count). The number of benzene rings is 2. The predicted octanol–water partition coefficient (Wildman–Crippen LogP) is 4.64. The number of carbonyl (C=O) groups is 1. The molecule has 0 aliphatic carbocycles. The smallest absolute Gasteiger partial charge is 0.221 e. The minimum atomic E-state index is -0.106. The van der Waals surface area contributed by atoms with E-state index in [1.165, 1.54) is 6.92 Å². The van der Waals surface area contributed by atoms with Crippen LogP contribution in [0.15, 0.2) is 54.7 Å². The third-order valence-corrected chi connectivity index (χ3v) is 3.30. The zero-order valence-electron chi connectivity index (χ0n) is 11.8. The standard InChI is InChI=1S/C17H13ClN2O2/c1-11(21)20-13-3-5-14(6-4-13)22-17-8-9-19-16-10-12(18)2-7-15(16)17/h2-10H,1H3,(H,20,21). The first-order valence-electron chi connectivity index (χ1n) is 6.71. The number of ether oxygens (including phenoxy) is 1. The number of anilines is 1. The van der Waals surface area contributed by atoms with Crippen LogP contribution in [-0.4, -0.2) is 10.9 Å². The highest BCUT2D eigenvalue weighted by Crippen LogP contribution is 2.30. The van der Waals surface area contributed by atoms with E-state index in [2.05, 4.69) is 10.3 Å². The average Bonchev–Trinajstić information content (AvgIpc) is 2.48. The van der Waals surface area contributed by atoms with Crippen molar-refractivity contribution in [2.24, 2.45) is 0 Å². The van der Waals surface area contributed by atoms with Crippen molar-refractivity contribution in [3.63, 3.8) is 0 Å². The molecule has 0 saturated carbocycles. The third-order valence-electron chi connectivity index (χ3n) is 3.07. The zero-order valence-corrected chi connectivity index (χ0v) is 12.6. The molecule has 0 saturated heterocycles. The van der Waals surface area contributed by atoms with Gasteiger partial charge >= 0.3 is 0 Å². The van der Waals surface area contributed by atoms with Gasteiger partial charge in [0.05, 0.1) is 5.52 Å². The van der Waals surface area contributed by atoms with E-state index in [-0.39, 0.29) is 5.91 Å². The van der Waals surface area contributed by atoms with E-state index in [0.29, 0.717) is 16.5 Å². The monoisotopic (exact) mass is 312 g/mol. The van der Waals surface area contributed by atoms with Crippen LogP contribution < -0.4 is 10.1 Å². The maximum atomic E-state index is 11.0. The van der Waals surface area contributed by atoms with Crippen LogP contribution in [0.5, 0.6) is 11.5 Å². The number of hydrogen-bond acceptors (Lipinski definition) is 3. The first-order chi connectivity index (χ1) is 10.6. The van der Waals surface area contributed by atoms with Crippen molar-refractivity contribution in [2.75, 3.05) is 5.32 Å². The Labute approximate surface area is 132 Å². The highest BCUT2D eigenvalue weighted by molar-refractivity contribution is 6.31. The van der Waals surface area contributed by atoms with Gasteiger partial charge in [0.2, 0.25) is 5.91 Å². The fourth-order valence-electron chi connectivity index (χ4n) is 2.12. The zero-order chi connectivity index (χ0) is 15.5. The number of carbonyl (C=O) groups excluding carboxylic acids is 1. The fraction of sp³-hybridized carbons (Fsp3) is 0.0588. The summed E-state index contributed by atoms with van der Waals surface area (Å²) in [4.78, 5) is 15.3. The van der Waals surface area contributed by atoms with Crippen molar-refractivity contribution >= 4 is 34.1 Å². The van der Waals surface area contributed by atoms with Crippen molar-refractivity contribution in [2.45, 2.75) is 6.92 Å². The molecule has 0 fully saturated rings. The van der Waals surface area contributed by atoms with Crippen molar-refractivity contribution in [1.82, 2.24) is 4.98 Å². The summed E-state index contributed by atoms with van der Waals surface area (Å²) >= 11 is 5.97. The molecule has 2 aromatic carbocycles. The van der Waals surface area contributed by atoms with Crippen molar-refractivity contribution in [1.29, 1.82) is 0 Å². The molecule has 3 aromatic rings. The Bertz CT molecular complexity index is 832. The van der Waals surface area contributed by atoms with Gasteiger partial charge in [-0.3, -0.25) is 9.78 Å². The Morgan fingerprint density at radius 2 is 1.91 bits per heavy atom. The third kappa shape index (κ3) is 3.18. The Hall–Kier alpha value is -2.59. The lowest BCUT2D eigenvalue weighted by Gasteiger charge is -2.09. The van der Waals surface area contributed by atoms with E-state index < -0.39 is 0 Å². The second-order valence-electron chi connectivity index (χ2n) is 4.78. The second kappa shape index (κ2) is 6.03. The summed E-state index contributed by atoms with van der Waals surface area (Å²) < 4.78 is 5.90. The number of rotatable bonds is 3. The largest absolute Gasteiger partial charge is 0.457 e. The summed E-state index contributed by atoms with van der Waals surface area (Å²) in [7, 11) is 0. The average molecular weight is 313 g/mol. The minimum absolute atomic E-state index is 0.106. The highest BCUT2D eigenvalue weighted by atomic mass is 35.5. The van der Waals surface area contributed by atoms with Gasteiger partial charge in [0.15, 0.2) is 0 Å². The minimum Gasteiger partial charge on any atom is -0.457 e. The molecule has 5 heteroatoms. The van der Waals surface area contributed by atoms with Gasteiger partial charge in [0.25, 0.3) is 0 Å². The van der Waals surface area contributed by atoms with Crippen molar-refractivity contribution < 1.29 is 9.53 Å². The second-order valence-corrected chi connectivity index (χ2v) is 5.21. The lowest BCUT2D eigenvalue weighted by Crippen LogP contribution is -2.05. The number of fused-ring (bicyclic) bond motifs is 1. The molecule has 0 spiro atoms. The van der Waals surface area contributed by atoms with Crippen LogP contribution in [0.4, 0.5) is 5.69 Å². The number of nitrogens with one attached hydrogen (secondary N) is 1. The van der Waals surface area contributed by atoms with Crippen LogP contribution in [0.1, 0.15) is 6.92 Å². The van der Waals surface area contributed by atoms with Crippen LogP contribution in [0.25, 0.3) is 10.9 Å². The number of hydrogen-bond donors (Lipinski definition) is 1. The molecule has 1 N–H and O–H groups in total. The number of nitrogens with zero attached hydrogens (tertiary/aromatic N) is 1. The quantitative estimate of drug-likeness (QED) is 0.766. The summed E-state index contributed by atoms with van der Waals surface area (Å²) in [6.07, 6.45) is 1.68. The van der Waals surface area contributed by atoms with Gasteiger partial charge in [-0.2, -0.15) is 0 Å². The lowest BCUT2D eigenvalue weighted by atomic mass is 10.2. The van der Waals surface area contributed by atoms with Crippen molar-refractivity contribution in [3.05, 3.63) is 59.8 Å². The Morgan fingerprint density at radius 3 is 2.64 bits per heavy atom. The van der Waals surface area contributed by atoms with Crippen LogP contribution in [0.3, 0.4) is 0 Å². The predicted molar refractivity (Wildman–Crippen MR) is 87.6 cm³/mol. The van der Waals surface area contributed by atoms with E-state index in [4.69, 9.17) is 16.3 Å². The summed E-state index contributed by atoms with van der Waals surface area (Å²) in [5.74, 6) is 1.27. The van der Waals surface area contributed by atoms with Crippen LogP contribution >= 0.6 is 11.6 Å². The van der Waals surface area contributed by atoms with E-state index >= 15 is 0 Å². The summed E-state index contributed by atoms with van der Waals surface area (Å²) in [6, 6.07) is 14.5. The number of halogens is 1. The molecule has 4 nitrogen and oxygen atoms in total. The number of pyridine rings is 1. The lowest BCUT2D eigenvalue weighted by molar-refractivity contribution is -0.114. The van der Waals surface area contributed by atoms with Gasteiger partial charge in [-0.1, -0.05) is 11.6 Å². The molecular formula is C17H13ClN2O2. The SMILES string of the molecule is CC(=O)Nc1ccc(Oc2ccnc3cc(Cl)ccc23)cc1. The first-order valence-corrected chi connectivity index (χ1v) is 7.09. The van der Waals surface area contributed by atoms with Gasteiger partial charge in [-0.15, -0.1) is 0 Å². The number of aromatic nitrogens is 1. The van der Waals surface area contributed by atoms with Gasteiger partial charge < -0.3 is 10.1 Å². The molecule has 0 aliphatic rings. The van der Waals surface area contributed by atoms with E-state index in [1.807, 2.05) is 6.07 Å². The molecule has 0 bridgehead atoms. The fourth-order valence-corrected chi connectivity index (χ4v) is 2.29. The van der Waals surface area contributed by atoms with Crippen LogP contribution in [-0.2, 0) is 4.79 Å². The molecule has 0 aliphatic heterocycles. The van der Waals surface area contributed by atoms with Crippen LogP contribution in [0.2, 0.25) is 5.02 Å². The summed E-state index contributed by atoms with van der Waals surface area (Å²) in [6.45, 7) is 1.47. The molecule has 22 heavy (non-hydrogen) atoms. The summed E-state index contributed by atoms with van der Waals surface area (Å²) in [5, 5.41) is 4.24. The molecule has 0 atom stereocenters. The van der Waals surface area contributed by atoms with Gasteiger partial charge in [0, 0.05) is 29.2 Å². The van der Waals surface area contributed by atoms with Gasteiger partial charge in [-0.05, 0) is 48.5 Å². The highest BCUT2D eigenvalue weighted by Gasteiger charge is 2.05. The van der Waals surface area contributed by atoms with E-state index in [9.17, 15) is 4.79 Å². The van der Waals surface area contributed by atoms with Crippen LogP contribution in [0, 0.1) is 0 Å². The molecule has 0 radical (unpaired) electrons. The topological polar surface area (TPSA) is 51.2 Å². The molecule has 1 aromatic heterocycles. The molecular weight excluding hydrogens is 300 g/mol. The molecule has 1 heterocycles. The Kier molecular flexibility index (Phi) is 3.94. The van der Waals surface area contributed by atoms with Crippen molar-refractivity contribution in [3.8, 4) is 11.5 Å². The van der Waals surface area contributed by atoms with Gasteiger partial charge in [0.1, 0.15) is 11.5 Å². The van der Waals surface area contributed by atoms with Gasteiger partial charge in [-0.25, -0.2) is 0 Å². The number of amides is 1. The Morgan fingerprint density at radius 1 is 1.14 bits per heavy atom. The molecule has 110 valence electrons. The molecule has 1 amide bonds. The summed E-state index contributed by atoms with van der Waals surface area (Å²) in [5.41, 5.74) is 1.51.